The fraction of sp³-hybridized carbons (Fsp3) is 0.444. The number of hydrogen-bond donors (Lipinski definition) is 0. The van der Waals surface area contributed by atoms with Crippen molar-refractivity contribution in [2.45, 2.75) is 49.1 Å². The number of aryl methyl sites for hydroxylation is 2. The van der Waals surface area contributed by atoms with E-state index in [4.69, 9.17) is 16.3 Å². The molecule has 5 rings (SSSR count). The smallest absolute Gasteiger partial charge is 0.197 e. The Bertz CT molecular complexity index is 1290. The van der Waals surface area contributed by atoms with Crippen molar-refractivity contribution in [3.63, 3.8) is 0 Å². The van der Waals surface area contributed by atoms with E-state index in [2.05, 4.69) is 34.1 Å². The van der Waals surface area contributed by atoms with Crippen LogP contribution in [0.4, 0.5) is 0 Å². The second-order valence-corrected chi connectivity index (χ2v) is 12.2. The molecule has 1 saturated heterocycles. The first-order valence-corrected chi connectivity index (χ1v) is 14.4. The SMILES string of the molecule is Cl.Cn1cnc(S(=O)(=O)CCCOc2ccc3c(c2)C(Cc2cccc(Cl)c2)C(N2CCC2)CC3)c1. The van der Waals surface area contributed by atoms with Gasteiger partial charge in [-0.15, -0.1) is 12.4 Å². The third-order valence-electron chi connectivity index (χ3n) is 7.22. The van der Waals surface area contributed by atoms with Crippen molar-refractivity contribution in [1.82, 2.24) is 14.5 Å². The second kappa shape index (κ2) is 11.5. The standard InChI is InChI=1S/C27H32ClN3O3S.ClH/c1-30-18-27(29-19-30)35(32,33)14-4-13-34-23-9-7-21-8-10-26(31-11-3-12-31)25(24(21)17-23)16-20-5-2-6-22(28)15-20;/h2,5-7,9,15,17-19,25-26H,3-4,8,10-14,16H2,1H3;1H. The van der Waals surface area contributed by atoms with Crippen molar-refractivity contribution in [1.29, 1.82) is 0 Å². The first kappa shape index (κ1) is 27.0. The third kappa shape index (κ3) is 6.08. The number of fused-ring (bicyclic) bond motifs is 1. The van der Waals surface area contributed by atoms with Crippen LogP contribution in [0.1, 0.15) is 41.9 Å². The van der Waals surface area contributed by atoms with Crippen LogP contribution in [-0.4, -0.2) is 54.4 Å². The Labute approximate surface area is 225 Å². The number of nitrogens with zero attached hydrogens (tertiary/aromatic N) is 3. The summed E-state index contributed by atoms with van der Waals surface area (Å²) < 4.78 is 32.6. The van der Waals surface area contributed by atoms with Crippen LogP contribution in [0, 0.1) is 0 Å². The van der Waals surface area contributed by atoms with Gasteiger partial charge in [0.05, 0.1) is 18.7 Å². The van der Waals surface area contributed by atoms with Gasteiger partial charge in [0.15, 0.2) is 14.9 Å². The summed E-state index contributed by atoms with van der Waals surface area (Å²) in [6.07, 6.45) is 7.92. The minimum atomic E-state index is -3.40. The number of halogens is 2. The first-order valence-electron chi connectivity index (χ1n) is 12.3. The van der Waals surface area contributed by atoms with Gasteiger partial charge in [-0.2, -0.15) is 0 Å². The van der Waals surface area contributed by atoms with Crippen LogP contribution < -0.4 is 4.74 Å². The van der Waals surface area contributed by atoms with Crippen molar-refractivity contribution in [2.24, 2.45) is 7.05 Å². The molecule has 1 aliphatic heterocycles. The van der Waals surface area contributed by atoms with E-state index in [9.17, 15) is 8.42 Å². The number of rotatable bonds is 9. The van der Waals surface area contributed by atoms with E-state index in [1.165, 1.54) is 55.1 Å². The predicted octanol–water partition coefficient (Wildman–Crippen LogP) is 5.08. The predicted molar refractivity (Wildman–Crippen MR) is 145 cm³/mol. The van der Waals surface area contributed by atoms with Crippen molar-refractivity contribution >= 4 is 33.8 Å². The number of aromatic nitrogens is 2. The molecule has 3 aromatic rings. The van der Waals surface area contributed by atoms with E-state index in [-0.39, 0.29) is 23.2 Å². The molecule has 2 unspecified atom stereocenters. The molecular weight excluding hydrogens is 517 g/mol. The van der Waals surface area contributed by atoms with Gasteiger partial charge in [0.25, 0.3) is 0 Å². The van der Waals surface area contributed by atoms with Crippen LogP contribution in [0.15, 0.2) is 60.0 Å². The average molecular weight is 551 g/mol. The first-order chi connectivity index (χ1) is 16.9. The second-order valence-electron chi connectivity index (χ2n) is 9.69. The highest BCUT2D eigenvalue weighted by atomic mass is 35.5. The summed E-state index contributed by atoms with van der Waals surface area (Å²) in [5.41, 5.74) is 4.00. The zero-order valence-electron chi connectivity index (χ0n) is 20.5. The van der Waals surface area contributed by atoms with E-state index in [1.54, 1.807) is 11.6 Å². The molecule has 36 heavy (non-hydrogen) atoms. The molecule has 0 amide bonds. The molecular formula is C27H33Cl2N3O3S. The number of benzene rings is 2. The Balaban J connectivity index is 0.00000304. The number of hydrogen-bond acceptors (Lipinski definition) is 5. The van der Waals surface area contributed by atoms with Gasteiger partial charge in [-0.1, -0.05) is 29.8 Å². The van der Waals surface area contributed by atoms with E-state index >= 15 is 0 Å². The number of ether oxygens (including phenoxy) is 1. The maximum atomic E-state index is 12.5. The summed E-state index contributed by atoms with van der Waals surface area (Å²) in [6.45, 7) is 2.69. The Morgan fingerprint density at radius 3 is 2.69 bits per heavy atom. The van der Waals surface area contributed by atoms with E-state index in [1.807, 2.05) is 18.2 Å². The molecule has 9 heteroatoms. The molecule has 2 heterocycles. The van der Waals surface area contributed by atoms with Crippen molar-refractivity contribution in [3.05, 3.63) is 76.7 Å². The van der Waals surface area contributed by atoms with Gasteiger partial charge in [0.1, 0.15) is 5.75 Å². The van der Waals surface area contributed by atoms with Gasteiger partial charge < -0.3 is 9.30 Å². The average Bonchev–Trinajstić information content (AvgIpc) is 3.24. The summed E-state index contributed by atoms with van der Waals surface area (Å²) in [4.78, 5) is 6.59. The minimum absolute atomic E-state index is 0. The van der Waals surface area contributed by atoms with Crippen LogP contribution >= 0.6 is 24.0 Å². The molecule has 2 aromatic carbocycles. The topological polar surface area (TPSA) is 64.4 Å². The van der Waals surface area contributed by atoms with Gasteiger partial charge >= 0.3 is 0 Å². The van der Waals surface area contributed by atoms with E-state index in [0.29, 0.717) is 25.0 Å². The third-order valence-corrected chi connectivity index (χ3v) is 9.13. The lowest BCUT2D eigenvalue weighted by atomic mass is 9.75. The molecule has 2 aliphatic rings. The maximum Gasteiger partial charge on any atom is 0.197 e. The number of sulfone groups is 1. The summed E-state index contributed by atoms with van der Waals surface area (Å²) >= 11 is 6.29. The fourth-order valence-corrected chi connectivity index (χ4v) is 6.77. The Kier molecular flexibility index (Phi) is 8.66. The highest BCUT2D eigenvalue weighted by Gasteiger charge is 2.36. The zero-order valence-corrected chi connectivity index (χ0v) is 22.9. The van der Waals surface area contributed by atoms with Gasteiger partial charge in [-0.05, 0) is 86.1 Å². The monoisotopic (exact) mass is 549 g/mol. The molecule has 2 atom stereocenters. The molecule has 1 aliphatic carbocycles. The molecule has 0 saturated carbocycles. The molecule has 194 valence electrons. The lowest BCUT2D eigenvalue weighted by molar-refractivity contribution is 0.0876. The van der Waals surface area contributed by atoms with Crippen LogP contribution in [0.5, 0.6) is 5.75 Å². The van der Waals surface area contributed by atoms with E-state index in [0.717, 1.165) is 23.6 Å². The van der Waals surface area contributed by atoms with Gasteiger partial charge in [0, 0.05) is 30.2 Å². The molecule has 0 radical (unpaired) electrons. The maximum absolute atomic E-state index is 12.5. The van der Waals surface area contributed by atoms with Crippen molar-refractivity contribution in [3.8, 4) is 5.75 Å². The number of imidazole rings is 1. The molecule has 1 fully saturated rings. The van der Waals surface area contributed by atoms with Gasteiger partial charge in [0.2, 0.25) is 0 Å². The summed E-state index contributed by atoms with van der Waals surface area (Å²) in [6, 6.07) is 15.1. The highest BCUT2D eigenvalue weighted by molar-refractivity contribution is 7.91. The van der Waals surface area contributed by atoms with E-state index < -0.39 is 9.84 Å². The summed E-state index contributed by atoms with van der Waals surface area (Å²) in [5.74, 6) is 1.20. The Morgan fingerprint density at radius 1 is 1.17 bits per heavy atom. The molecule has 0 N–H and O–H groups in total. The van der Waals surface area contributed by atoms with Crippen LogP contribution in [0.3, 0.4) is 0 Å². The molecule has 0 bridgehead atoms. The molecule has 1 aromatic heterocycles. The normalized spacial score (nSPS) is 19.7. The lowest BCUT2D eigenvalue weighted by Gasteiger charge is -2.45. The van der Waals surface area contributed by atoms with Crippen molar-refractivity contribution < 1.29 is 13.2 Å². The summed E-state index contributed by atoms with van der Waals surface area (Å²) in [7, 11) is -1.64. The largest absolute Gasteiger partial charge is 0.494 e. The van der Waals surface area contributed by atoms with Crippen LogP contribution in [-0.2, 0) is 29.7 Å². The van der Waals surface area contributed by atoms with Gasteiger partial charge in [-0.25, -0.2) is 13.4 Å². The Morgan fingerprint density at radius 2 is 2.00 bits per heavy atom. The van der Waals surface area contributed by atoms with Gasteiger partial charge in [-0.3, -0.25) is 4.90 Å². The quantitative estimate of drug-likeness (QED) is 0.348. The Hall–Kier alpha value is -2.06. The fourth-order valence-electron chi connectivity index (χ4n) is 5.31. The molecule has 6 nitrogen and oxygen atoms in total. The van der Waals surface area contributed by atoms with Crippen LogP contribution in [0.2, 0.25) is 5.02 Å². The number of likely N-dealkylation sites (tertiary alicyclic amines) is 1. The molecule has 0 spiro atoms. The van der Waals surface area contributed by atoms with Crippen molar-refractivity contribution in [2.75, 3.05) is 25.4 Å². The summed E-state index contributed by atoms with van der Waals surface area (Å²) in [5, 5.41) is 0.895. The van der Waals surface area contributed by atoms with Crippen LogP contribution in [0.25, 0.3) is 0 Å². The lowest BCUT2D eigenvalue weighted by Crippen LogP contribution is -2.49. The highest BCUT2D eigenvalue weighted by Crippen LogP contribution is 2.40. The zero-order chi connectivity index (χ0) is 24.4. The minimum Gasteiger partial charge on any atom is -0.494 e.